The zero-order chi connectivity index (χ0) is 15.7. The summed E-state index contributed by atoms with van der Waals surface area (Å²) in [5.74, 6) is 0.486. The molecule has 116 valence electrons. The SMILES string of the molecule is Cc1c(CC(=O)Nc2nc3c(s2)CC(C)CC3)nc[nH]c1=O. The van der Waals surface area contributed by atoms with Crippen molar-refractivity contribution in [3.05, 3.63) is 38.5 Å². The molecule has 0 saturated carbocycles. The molecule has 0 aromatic carbocycles. The van der Waals surface area contributed by atoms with E-state index in [1.807, 2.05) is 0 Å². The van der Waals surface area contributed by atoms with Gasteiger partial charge in [0.25, 0.3) is 5.56 Å². The predicted molar refractivity (Wildman–Crippen MR) is 85.2 cm³/mol. The number of rotatable bonds is 3. The molecule has 1 atom stereocenters. The third-order valence-corrected chi connectivity index (χ3v) is 4.99. The minimum Gasteiger partial charge on any atom is -0.313 e. The summed E-state index contributed by atoms with van der Waals surface area (Å²) in [7, 11) is 0. The lowest BCUT2D eigenvalue weighted by molar-refractivity contribution is -0.115. The highest BCUT2D eigenvalue weighted by molar-refractivity contribution is 7.15. The molecule has 0 saturated heterocycles. The smallest absolute Gasteiger partial charge is 0.253 e. The maximum absolute atomic E-state index is 12.1. The standard InChI is InChI=1S/C15H18N4O2S/c1-8-3-4-10-12(5-8)22-15(18-10)19-13(20)6-11-9(2)14(21)17-7-16-11/h7-8H,3-6H2,1-2H3,(H,16,17,21)(H,18,19,20). The van der Waals surface area contributed by atoms with Crippen molar-refractivity contribution < 1.29 is 4.79 Å². The van der Waals surface area contributed by atoms with Gasteiger partial charge in [-0.3, -0.25) is 9.59 Å². The average molecular weight is 318 g/mol. The van der Waals surface area contributed by atoms with Crippen LogP contribution in [0.25, 0.3) is 0 Å². The van der Waals surface area contributed by atoms with Crippen LogP contribution in [0.5, 0.6) is 0 Å². The van der Waals surface area contributed by atoms with Gasteiger partial charge >= 0.3 is 0 Å². The van der Waals surface area contributed by atoms with Crippen LogP contribution in [0, 0.1) is 12.8 Å². The van der Waals surface area contributed by atoms with Crippen LogP contribution in [0.1, 0.15) is 35.2 Å². The van der Waals surface area contributed by atoms with Gasteiger partial charge in [-0.2, -0.15) is 0 Å². The number of nitrogens with zero attached hydrogens (tertiary/aromatic N) is 2. The summed E-state index contributed by atoms with van der Waals surface area (Å²) in [6.07, 6.45) is 4.58. The number of aromatic amines is 1. The number of aromatic nitrogens is 3. The Kier molecular flexibility index (Phi) is 4.06. The second-order valence-electron chi connectivity index (χ2n) is 5.77. The fraction of sp³-hybridized carbons (Fsp3) is 0.467. The largest absolute Gasteiger partial charge is 0.313 e. The number of nitrogens with one attached hydrogen (secondary N) is 2. The first-order chi connectivity index (χ1) is 10.5. The molecule has 1 unspecified atom stereocenters. The molecule has 1 aliphatic rings. The molecule has 2 aromatic heterocycles. The summed E-state index contributed by atoms with van der Waals surface area (Å²) in [6.45, 7) is 3.90. The number of H-pyrrole nitrogens is 1. The quantitative estimate of drug-likeness (QED) is 0.904. The molecule has 2 aromatic rings. The molecule has 1 amide bonds. The van der Waals surface area contributed by atoms with E-state index >= 15 is 0 Å². The molecule has 2 N–H and O–H groups in total. The Hall–Kier alpha value is -2.02. The number of carbonyl (C=O) groups is 1. The number of fused-ring (bicyclic) bond motifs is 1. The second kappa shape index (κ2) is 6.00. The van der Waals surface area contributed by atoms with E-state index in [2.05, 4.69) is 27.2 Å². The van der Waals surface area contributed by atoms with Crippen LogP contribution >= 0.6 is 11.3 Å². The molecule has 6 nitrogen and oxygen atoms in total. The van der Waals surface area contributed by atoms with Crippen LogP contribution in [0.4, 0.5) is 5.13 Å². The summed E-state index contributed by atoms with van der Waals surface area (Å²) in [5, 5.41) is 3.47. The van der Waals surface area contributed by atoms with Crippen molar-refractivity contribution in [2.75, 3.05) is 5.32 Å². The van der Waals surface area contributed by atoms with Crippen molar-refractivity contribution in [1.29, 1.82) is 0 Å². The number of anilines is 1. The van der Waals surface area contributed by atoms with Gasteiger partial charge in [-0.1, -0.05) is 6.92 Å². The molecule has 0 bridgehead atoms. The maximum Gasteiger partial charge on any atom is 0.253 e. The zero-order valence-electron chi connectivity index (χ0n) is 12.6. The van der Waals surface area contributed by atoms with E-state index in [9.17, 15) is 9.59 Å². The monoisotopic (exact) mass is 318 g/mol. The van der Waals surface area contributed by atoms with Crippen molar-refractivity contribution in [2.24, 2.45) is 5.92 Å². The lowest BCUT2D eigenvalue weighted by Gasteiger charge is -2.15. The molecule has 3 rings (SSSR count). The summed E-state index contributed by atoms with van der Waals surface area (Å²) < 4.78 is 0. The van der Waals surface area contributed by atoms with E-state index in [0.29, 0.717) is 22.3 Å². The van der Waals surface area contributed by atoms with E-state index in [1.165, 1.54) is 11.2 Å². The van der Waals surface area contributed by atoms with Gasteiger partial charge in [-0.15, -0.1) is 11.3 Å². The molecule has 0 fully saturated rings. The second-order valence-corrected chi connectivity index (χ2v) is 6.85. The molecule has 22 heavy (non-hydrogen) atoms. The van der Waals surface area contributed by atoms with Gasteiger partial charge in [0.1, 0.15) is 0 Å². The van der Waals surface area contributed by atoms with Gasteiger partial charge in [0.15, 0.2) is 5.13 Å². The number of hydrogen-bond acceptors (Lipinski definition) is 5. The Balaban J connectivity index is 1.70. The van der Waals surface area contributed by atoms with E-state index in [-0.39, 0.29) is 17.9 Å². The summed E-state index contributed by atoms with van der Waals surface area (Å²) in [6, 6.07) is 0. The lowest BCUT2D eigenvalue weighted by atomic mass is 9.93. The lowest BCUT2D eigenvalue weighted by Crippen LogP contribution is -2.20. The van der Waals surface area contributed by atoms with Crippen molar-refractivity contribution >= 4 is 22.4 Å². The summed E-state index contributed by atoms with van der Waals surface area (Å²) in [4.78, 5) is 36.0. The zero-order valence-corrected chi connectivity index (χ0v) is 13.4. The number of aryl methyl sites for hydroxylation is 1. The van der Waals surface area contributed by atoms with Crippen LogP contribution in [0.3, 0.4) is 0 Å². The summed E-state index contributed by atoms with van der Waals surface area (Å²) >= 11 is 1.55. The van der Waals surface area contributed by atoms with Gasteiger partial charge in [0.2, 0.25) is 5.91 Å². The first-order valence-corrected chi connectivity index (χ1v) is 8.16. The Morgan fingerprint density at radius 2 is 2.36 bits per heavy atom. The molecule has 0 spiro atoms. The highest BCUT2D eigenvalue weighted by Crippen LogP contribution is 2.32. The highest BCUT2D eigenvalue weighted by Gasteiger charge is 2.20. The van der Waals surface area contributed by atoms with E-state index in [1.54, 1.807) is 18.3 Å². The first-order valence-electron chi connectivity index (χ1n) is 7.34. The number of hydrogen-bond donors (Lipinski definition) is 2. The number of carbonyl (C=O) groups excluding carboxylic acids is 1. The van der Waals surface area contributed by atoms with Crippen molar-refractivity contribution in [2.45, 2.75) is 39.5 Å². The third-order valence-electron chi connectivity index (χ3n) is 3.95. The molecule has 0 radical (unpaired) electrons. The van der Waals surface area contributed by atoms with Gasteiger partial charge in [-0.05, 0) is 32.1 Å². The Labute approximate surface area is 132 Å². The van der Waals surface area contributed by atoms with Crippen LogP contribution in [-0.2, 0) is 24.1 Å². The molecular formula is C15H18N4O2S. The third kappa shape index (κ3) is 3.09. The molecule has 1 aliphatic carbocycles. The van der Waals surface area contributed by atoms with Gasteiger partial charge in [0, 0.05) is 10.4 Å². The average Bonchev–Trinajstić information content (AvgIpc) is 2.85. The van der Waals surface area contributed by atoms with Crippen LogP contribution < -0.4 is 10.9 Å². The minimum absolute atomic E-state index is 0.0798. The molecule has 7 heteroatoms. The number of amides is 1. The normalized spacial score (nSPS) is 17.1. The van der Waals surface area contributed by atoms with E-state index < -0.39 is 0 Å². The maximum atomic E-state index is 12.1. The fourth-order valence-electron chi connectivity index (χ4n) is 2.59. The Morgan fingerprint density at radius 3 is 3.18 bits per heavy atom. The van der Waals surface area contributed by atoms with Crippen LogP contribution in [-0.4, -0.2) is 20.9 Å². The molecule has 2 heterocycles. The molecular weight excluding hydrogens is 300 g/mol. The highest BCUT2D eigenvalue weighted by atomic mass is 32.1. The van der Waals surface area contributed by atoms with Crippen molar-refractivity contribution in [3.8, 4) is 0 Å². The fourth-order valence-corrected chi connectivity index (χ4v) is 3.78. The first kappa shape index (κ1) is 14.9. The number of thiazole rings is 1. The van der Waals surface area contributed by atoms with Gasteiger partial charge < -0.3 is 10.3 Å². The van der Waals surface area contributed by atoms with Gasteiger partial charge in [0.05, 0.1) is 24.1 Å². The molecule has 0 aliphatic heterocycles. The summed E-state index contributed by atoms with van der Waals surface area (Å²) in [5.41, 5.74) is 1.88. The van der Waals surface area contributed by atoms with Crippen molar-refractivity contribution in [3.63, 3.8) is 0 Å². The predicted octanol–water partition coefficient (Wildman–Crippen LogP) is 1.84. The van der Waals surface area contributed by atoms with Crippen LogP contribution in [0.2, 0.25) is 0 Å². The van der Waals surface area contributed by atoms with Crippen LogP contribution in [0.15, 0.2) is 11.1 Å². The Bertz CT molecular complexity index is 765. The van der Waals surface area contributed by atoms with Gasteiger partial charge in [-0.25, -0.2) is 9.97 Å². The Morgan fingerprint density at radius 1 is 1.55 bits per heavy atom. The van der Waals surface area contributed by atoms with Crippen molar-refractivity contribution in [1.82, 2.24) is 15.0 Å². The van der Waals surface area contributed by atoms with E-state index in [0.717, 1.165) is 25.0 Å². The van der Waals surface area contributed by atoms with E-state index in [4.69, 9.17) is 0 Å². The minimum atomic E-state index is -0.212. The topological polar surface area (TPSA) is 87.7 Å².